The standard InChI is InChI=1S/C12H17F2N3O2/c1-8-2-3-9(12(15)16-19)10(6-8)17(4-5-18)7-11(13)14/h2-3,6,11,18-19H,4-5,7H2,1H3,(H2,15,16). The Balaban J connectivity index is 3.22. The topological polar surface area (TPSA) is 82.1 Å². The van der Waals surface area contributed by atoms with E-state index in [0.717, 1.165) is 5.56 Å². The van der Waals surface area contributed by atoms with Crippen LogP contribution in [0.25, 0.3) is 0 Å². The van der Waals surface area contributed by atoms with Gasteiger partial charge in [0.25, 0.3) is 6.43 Å². The average molecular weight is 273 g/mol. The molecular formula is C12H17F2N3O2. The lowest BCUT2D eigenvalue weighted by atomic mass is 10.1. The van der Waals surface area contributed by atoms with E-state index in [4.69, 9.17) is 16.0 Å². The third kappa shape index (κ3) is 4.06. The van der Waals surface area contributed by atoms with Crippen LogP contribution in [-0.4, -0.2) is 42.3 Å². The van der Waals surface area contributed by atoms with Crippen LogP contribution >= 0.6 is 0 Å². The number of benzene rings is 1. The zero-order valence-electron chi connectivity index (χ0n) is 10.6. The van der Waals surface area contributed by atoms with Crippen molar-refractivity contribution in [2.24, 2.45) is 10.9 Å². The van der Waals surface area contributed by atoms with Gasteiger partial charge in [0.15, 0.2) is 5.84 Å². The van der Waals surface area contributed by atoms with Crippen LogP contribution in [0.2, 0.25) is 0 Å². The maximum absolute atomic E-state index is 12.6. The molecule has 0 saturated carbocycles. The summed E-state index contributed by atoms with van der Waals surface area (Å²) in [5, 5.41) is 20.6. The molecule has 4 N–H and O–H groups in total. The lowest BCUT2D eigenvalue weighted by Crippen LogP contribution is -2.33. The fraction of sp³-hybridized carbons (Fsp3) is 0.417. The molecule has 0 spiro atoms. The van der Waals surface area contributed by atoms with Gasteiger partial charge in [0.05, 0.1) is 13.2 Å². The van der Waals surface area contributed by atoms with Crippen LogP contribution in [-0.2, 0) is 0 Å². The molecular weight excluding hydrogens is 256 g/mol. The lowest BCUT2D eigenvalue weighted by Gasteiger charge is -2.26. The molecule has 0 aliphatic rings. The molecule has 0 bridgehead atoms. The molecule has 1 aromatic carbocycles. The van der Waals surface area contributed by atoms with E-state index in [1.54, 1.807) is 25.1 Å². The molecule has 1 aromatic rings. The Hall–Kier alpha value is -1.89. The van der Waals surface area contributed by atoms with E-state index in [1.165, 1.54) is 4.90 Å². The Morgan fingerprint density at radius 1 is 1.47 bits per heavy atom. The number of oxime groups is 1. The molecule has 19 heavy (non-hydrogen) atoms. The minimum atomic E-state index is -2.55. The van der Waals surface area contributed by atoms with Crippen molar-refractivity contribution in [2.45, 2.75) is 13.3 Å². The Labute approximate surface area is 109 Å². The summed E-state index contributed by atoms with van der Waals surface area (Å²) < 4.78 is 25.1. The highest BCUT2D eigenvalue weighted by molar-refractivity contribution is 6.02. The van der Waals surface area contributed by atoms with Crippen LogP contribution in [0, 0.1) is 6.92 Å². The normalized spacial score (nSPS) is 11.9. The molecule has 0 fully saturated rings. The van der Waals surface area contributed by atoms with Crippen LogP contribution < -0.4 is 10.6 Å². The van der Waals surface area contributed by atoms with Gasteiger partial charge in [-0.2, -0.15) is 0 Å². The van der Waals surface area contributed by atoms with Gasteiger partial charge in [0.1, 0.15) is 0 Å². The summed E-state index contributed by atoms with van der Waals surface area (Å²) in [6.45, 7) is 1.05. The Bertz CT molecular complexity index is 453. The zero-order chi connectivity index (χ0) is 14.4. The van der Waals surface area contributed by atoms with Crippen molar-refractivity contribution in [2.75, 3.05) is 24.6 Å². The Morgan fingerprint density at radius 3 is 2.68 bits per heavy atom. The summed E-state index contributed by atoms with van der Waals surface area (Å²) in [7, 11) is 0. The molecule has 0 amide bonds. The second-order valence-corrected chi connectivity index (χ2v) is 4.07. The number of aryl methyl sites for hydroxylation is 1. The number of alkyl halides is 2. The van der Waals surface area contributed by atoms with E-state index in [1.807, 2.05) is 0 Å². The molecule has 0 unspecified atom stereocenters. The second kappa shape index (κ2) is 6.89. The second-order valence-electron chi connectivity index (χ2n) is 4.07. The summed E-state index contributed by atoms with van der Waals surface area (Å²) in [5.74, 6) is -0.160. The van der Waals surface area contributed by atoms with Gasteiger partial charge in [0, 0.05) is 17.8 Å². The molecule has 106 valence electrons. The molecule has 0 aliphatic heterocycles. The number of nitrogens with two attached hydrogens (primary N) is 1. The van der Waals surface area contributed by atoms with Gasteiger partial charge >= 0.3 is 0 Å². The highest BCUT2D eigenvalue weighted by atomic mass is 19.3. The van der Waals surface area contributed by atoms with Crippen molar-refractivity contribution in [3.05, 3.63) is 29.3 Å². The number of amidine groups is 1. The number of rotatable bonds is 6. The lowest BCUT2D eigenvalue weighted by molar-refractivity contribution is 0.153. The van der Waals surface area contributed by atoms with Crippen molar-refractivity contribution >= 4 is 11.5 Å². The Morgan fingerprint density at radius 2 is 2.16 bits per heavy atom. The fourth-order valence-corrected chi connectivity index (χ4v) is 1.77. The monoisotopic (exact) mass is 273 g/mol. The van der Waals surface area contributed by atoms with Crippen molar-refractivity contribution < 1.29 is 19.1 Å². The number of aliphatic hydroxyl groups excluding tert-OH is 1. The molecule has 0 atom stereocenters. The van der Waals surface area contributed by atoms with Gasteiger partial charge in [0.2, 0.25) is 0 Å². The van der Waals surface area contributed by atoms with Crippen molar-refractivity contribution in [3.8, 4) is 0 Å². The fourth-order valence-electron chi connectivity index (χ4n) is 1.77. The summed E-state index contributed by atoms with van der Waals surface area (Å²) in [6.07, 6.45) is -2.55. The molecule has 0 radical (unpaired) electrons. The van der Waals surface area contributed by atoms with Crippen molar-refractivity contribution in [1.29, 1.82) is 0 Å². The molecule has 7 heteroatoms. The smallest absolute Gasteiger partial charge is 0.255 e. The maximum atomic E-state index is 12.6. The number of halogens is 2. The minimum absolute atomic E-state index is 0.0412. The number of hydrogen-bond acceptors (Lipinski definition) is 4. The summed E-state index contributed by atoms with van der Waals surface area (Å²) in [4.78, 5) is 1.31. The van der Waals surface area contributed by atoms with Crippen molar-refractivity contribution in [3.63, 3.8) is 0 Å². The Kier molecular flexibility index (Phi) is 5.50. The highest BCUT2D eigenvalue weighted by Gasteiger charge is 2.17. The third-order valence-corrected chi connectivity index (χ3v) is 2.61. The molecule has 0 aromatic heterocycles. The van der Waals surface area contributed by atoms with E-state index in [0.29, 0.717) is 11.3 Å². The molecule has 0 heterocycles. The highest BCUT2D eigenvalue weighted by Crippen LogP contribution is 2.23. The predicted molar refractivity (Wildman–Crippen MR) is 69.0 cm³/mol. The molecule has 0 aliphatic carbocycles. The molecule has 5 nitrogen and oxygen atoms in total. The SMILES string of the molecule is Cc1ccc(/C(N)=N/O)c(N(CCO)CC(F)F)c1. The summed E-state index contributed by atoms with van der Waals surface area (Å²) in [6, 6.07) is 4.98. The van der Waals surface area contributed by atoms with Crippen LogP contribution in [0.15, 0.2) is 23.4 Å². The van der Waals surface area contributed by atoms with Gasteiger partial charge < -0.3 is 20.9 Å². The number of nitrogens with zero attached hydrogens (tertiary/aromatic N) is 2. The molecule has 1 rings (SSSR count). The van der Waals surface area contributed by atoms with Gasteiger partial charge in [-0.05, 0) is 24.6 Å². The van der Waals surface area contributed by atoms with Crippen LogP contribution in [0.5, 0.6) is 0 Å². The first-order chi connectivity index (χ1) is 8.99. The van der Waals surface area contributed by atoms with Crippen LogP contribution in [0.4, 0.5) is 14.5 Å². The van der Waals surface area contributed by atoms with E-state index in [2.05, 4.69) is 5.16 Å². The number of aliphatic hydroxyl groups is 1. The third-order valence-electron chi connectivity index (χ3n) is 2.61. The van der Waals surface area contributed by atoms with Gasteiger partial charge in [-0.1, -0.05) is 11.2 Å². The van der Waals surface area contributed by atoms with Crippen LogP contribution in [0.1, 0.15) is 11.1 Å². The van der Waals surface area contributed by atoms with E-state index in [9.17, 15) is 8.78 Å². The van der Waals surface area contributed by atoms with Gasteiger partial charge in [-0.3, -0.25) is 0 Å². The predicted octanol–water partition coefficient (Wildman–Crippen LogP) is 1.15. The van der Waals surface area contributed by atoms with E-state index < -0.39 is 13.0 Å². The zero-order valence-corrected chi connectivity index (χ0v) is 10.6. The first-order valence-electron chi connectivity index (χ1n) is 5.72. The summed E-state index contributed by atoms with van der Waals surface area (Å²) >= 11 is 0. The molecule has 0 saturated heterocycles. The maximum Gasteiger partial charge on any atom is 0.255 e. The summed E-state index contributed by atoms with van der Waals surface area (Å²) in [5.41, 5.74) is 7.14. The van der Waals surface area contributed by atoms with E-state index in [-0.39, 0.29) is 19.0 Å². The minimum Gasteiger partial charge on any atom is -0.409 e. The largest absolute Gasteiger partial charge is 0.409 e. The first-order valence-corrected chi connectivity index (χ1v) is 5.72. The van der Waals surface area contributed by atoms with Gasteiger partial charge in [-0.25, -0.2) is 8.78 Å². The van der Waals surface area contributed by atoms with Gasteiger partial charge in [-0.15, -0.1) is 0 Å². The first kappa shape index (κ1) is 15.2. The van der Waals surface area contributed by atoms with E-state index >= 15 is 0 Å². The average Bonchev–Trinajstić information content (AvgIpc) is 2.36. The number of hydrogen-bond donors (Lipinski definition) is 3. The van der Waals surface area contributed by atoms with Crippen LogP contribution in [0.3, 0.4) is 0 Å². The quantitative estimate of drug-likeness (QED) is 0.314. The van der Waals surface area contributed by atoms with Crippen molar-refractivity contribution in [1.82, 2.24) is 0 Å². The number of anilines is 1.